The number of nitrogens with one attached hydrogen (secondary N) is 1. The number of carbonyl (C=O) groups excluding carboxylic acids is 4. The van der Waals surface area contributed by atoms with Crippen LogP contribution in [0.2, 0.25) is 0 Å². The highest BCUT2D eigenvalue weighted by atomic mass is 19.1. The van der Waals surface area contributed by atoms with Crippen LogP contribution in [0.3, 0.4) is 0 Å². The molecule has 0 aliphatic carbocycles. The van der Waals surface area contributed by atoms with Crippen molar-refractivity contribution in [2.24, 2.45) is 13.0 Å². The lowest BCUT2D eigenvalue weighted by Gasteiger charge is -2.44. The molecule has 0 bridgehead atoms. The fourth-order valence-electron chi connectivity index (χ4n) is 8.98. The Bertz CT molecular complexity index is 2500. The van der Waals surface area contributed by atoms with Gasteiger partial charge in [0, 0.05) is 92.9 Å². The maximum absolute atomic E-state index is 14.5. The Balaban J connectivity index is 0.817. The lowest BCUT2D eigenvalue weighted by molar-refractivity contribution is -0.136. The third-order valence-corrected chi connectivity index (χ3v) is 12.1. The first-order chi connectivity index (χ1) is 28.4. The van der Waals surface area contributed by atoms with E-state index in [1.807, 2.05) is 51.6 Å². The van der Waals surface area contributed by atoms with E-state index in [2.05, 4.69) is 29.8 Å². The first-order valence-corrected chi connectivity index (χ1v) is 20.0. The maximum Gasteiger partial charge on any atom is 0.262 e. The molecule has 4 aliphatic heterocycles. The van der Waals surface area contributed by atoms with Crippen molar-refractivity contribution in [3.63, 3.8) is 0 Å². The first-order valence-electron chi connectivity index (χ1n) is 20.0. The summed E-state index contributed by atoms with van der Waals surface area (Å²) in [5.74, 6) is -1.29. The highest BCUT2D eigenvalue weighted by molar-refractivity contribution is 6.23. The molecule has 16 heteroatoms. The summed E-state index contributed by atoms with van der Waals surface area (Å²) in [5, 5.41) is 6.75. The number of carbonyl (C=O) groups is 4. The average Bonchev–Trinajstić information content (AvgIpc) is 3.88. The molecule has 2 aromatic carbocycles. The lowest BCUT2D eigenvalue weighted by Crippen LogP contribution is -2.54. The van der Waals surface area contributed by atoms with Gasteiger partial charge in [0.15, 0.2) is 11.6 Å². The van der Waals surface area contributed by atoms with Gasteiger partial charge in [-0.3, -0.25) is 34.1 Å². The van der Waals surface area contributed by atoms with Crippen LogP contribution in [0.15, 0.2) is 67.3 Å². The summed E-state index contributed by atoms with van der Waals surface area (Å²) in [6.45, 7) is 8.33. The Morgan fingerprint density at radius 1 is 0.949 bits per heavy atom. The molecular weight excluding hydrogens is 756 g/mol. The van der Waals surface area contributed by atoms with E-state index >= 15 is 0 Å². The SMILES string of the molecule is Cc1ncn(C2CCN(CC3CN(c4ccc5c(c4)C(=O)N(C4CCC(=O)NC4=O)C5=O)C3)CC2)c1-c1cnc(N)c(O[C@H](C)c2cc(F)ccc2-c2ccn(C)n2)c1. The standard InChI is InChI=1S/C43H45FN10O5/c1-24-39(27-16-37(40(45)46-19-27)59-25(2)33-17-28(44)4-6-31(33)35-12-13-50(3)49-35)53(23-47-24)29-10-14-51(15-11-29)20-26-21-52(22-26)30-5-7-32-34(18-30)43(58)54(42(32)57)36-8-9-38(55)48-41(36)56/h4-7,12-13,16-19,23,25-26,29,36H,8-11,14-15,20-22H2,1-3H3,(H2,45,46)(H,48,55,56)/t25-,36?/m1/s1. The zero-order valence-corrected chi connectivity index (χ0v) is 33.1. The fourth-order valence-corrected chi connectivity index (χ4v) is 8.98. The zero-order valence-electron chi connectivity index (χ0n) is 33.1. The van der Waals surface area contributed by atoms with Crippen molar-refractivity contribution >= 4 is 35.1 Å². The number of hydrogen-bond acceptors (Lipinski definition) is 11. The largest absolute Gasteiger partial charge is 0.482 e. The number of fused-ring (bicyclic) bond motifs is 1. The summed E-state index contributed by atoms with van der Waals surface area (Å²) in [7, 11) is 1.84. The van der Waals surface area contributed by atoms with E-state index in [4.69, 9.17) is 15.5 Å². The van der Waals surface area contributed by atoms with Crippen molar-refractivity contribution in [3.05, 3.63) is 95.5 Å². The predicted molar refractivity (Wildman–Crippen MR) is 216 cm³/mol. The molecule has 15 nitrogen and oxygen atoms in total. The van der Waals surface area contributed by atoms with Crippen molar-refractivity contribution in [1.29, 1.82) is 0 Å². The average molecular weight is 801 g/mol. The number of nitrogen functional groups attached to an aromatic ring is 1. The van der Waals surface area contributed by atoms with Crippen molar-refractivity contribution in [2.75, 3.05) is 43.4 Å². The number of likely N-dealkylation sites (tertiary alicyclic amines) is 1. The Labute approximate surface area is 339 Å². The number of anilines is 2. The van der Waals surface area contributed by atoms with Crippen LogP contribution in [0.1, 0.15) is 76.7 Å². The molecule has 0 radical (unpaired) electrons. The van der Waals surface area contributed by atoms with E-state index < -0.39 is 35.8 Å². The van der Waals surface area contributed by atoms with Crippen LogP contribution in [-0.4, -0.2) is 96.5 Å². The smallest absolute Gasteiger partial charge is 0.262 e. The minimum atomic E-state index is -0.983. The topological polar surface area (TPSA) is 174 Å². The number of benzene rings is 2. The number of pyridine rings is 1. The second-order valence-corrected chi connectivity index (χ2v) is 16.0. The van der Waals surface area contributed by atoms with Crippen LogP contribution >= 0.6 is 0 Å². The zero-order chi connectivity index (χ0) is 41.1. The van der Waals surface area contributed by atoms with Gasteiger partial charge in [0.1, 0.15) is 18.0 Å². The summed E-state index contributed by atoms with van der Waals surface area (Å²) >= 11 is 0. The molecule has 304 valence electrons. The van der Waals surface area contributed by atoms with Crippen molar-refractivity contribution in [1.82, 2.24) is 39.4 Å². The van der Waals surface area contributed by atoms with Crippen LogP contribution in [0, 0.1) is 18.7 Å². The number of aryl methyl sites for hydroxylation is 2. The lowest BCUT2D eigenvalue weighted by atomic mass is 9.95. The van der Waals surface area contributed by atoms with Gasteiger partial charge in [-0.1, -0.05) is 0 Å². The molecule has 7 heterocycles. The molecule has 0 spiro atoms. The highest BCUT2D eigenvalue weighted by Crippen LogP contribution is 2.38. The van der Waals surface area contributed by atoms with Gasteiger partial charge in [-0.15, -0.1) is 0 Å². The summed E-state index contributed by atoms with van der Waals surface area (Å²) in [5.41, 5.74) is 12.6. The monoisotopic (exact) mass is 800 g/mol. The van der Waals surface area contributed by atoms with E-state index in [1.54, 1.807) is 29.1 Å². The number of imidazole rings is 1. The highest BCUT2D eigenvalue weighted by Gasteiger charge is 2.45. The molecule has 4 aliphatic rings. The van der Waals surface area contributed by atoms with Gasteiger partial charge in [0.25, 0.3) is 11.8 Å². The van der Waals surface area contributed by atoms with Gasteiger partial charge in [0.05, 0.1) is 34.5 Å². The van der Waals surface area contributed by atoms with Gasteiger partial charge in [0.2, 0.25) is 11.8 Å². The van der Waals surface area contributed by atoms with Crippen LogP contribution in [0.25, 0.3) is 22.5 Å². The van der Waals surface area contributed by atoms with Gasteiger partial charge in [-0.2, -0.15) is 5.10 Å². The minimum Gasteiger partial charge on any atom is -0.482 e. The fraction of sp³-hybridized carbons (Fsp3) is 0.372. The normalized spacial score (nSPS) is 19.6. The van der Waals surface area contributed by atoms with Crippen molar-refractivity contribution in [2.45, 2.75) is 57.7 Å². The number of ether oxygens (including phenoxy) is 1. The molecule has 3 saturated heterocycles. The molecule has 3 N–H and O–H groups in total. The van der Waals surface area contributed by atoms with Gasteiger partial charge >= 0.3 is 0 Å². The number of hydrogen-bond donors (Lipinski definition) is 2. The third kappa shape index (κ3) is 7.11. The van der Waals surface area contributed by atoms with Crippen molar-refractivity contribution < 1.29 is 28.3 Å². The van der Waals surface area contributed by atoms with E-state index in [0.29, 0.717) is 28.5 Å². The van der Waals surface area contributed by atoms with Crippen LogP contribution < -0.4 is 20.7 Å². The summed E-state index contributed by atoms with van der Waals surface area (Å²) < 4.78 is 24.9. The molecule has 5 aromatic rings. The molecule has 4 amide bonds. The van der Waals surface area contributed by atoms with Crippen molar-refractivity contribution in [3.8, 4) is 28.3 Å². The van der Waals surface area contributed by atoms with E-state index in [0.717, 1.165) is 78.7 Å². The van der Waals surface area contributed by atoms with Gasteiger partial charge in [-0.05, 0) is 81.6 Å². The maximum atomic E-state index is 14.5. The number of imide groups is 2. The number of nitrogens with two attached hydrogens (primary N) is 1. The molecular formula is C43H45FN10O5. The molecule has 3 aromatic heterocycles. The number of piperidine rings is 2. The third-order valence-electron chi connectivity index (χ3n) is 12.1. The molecule has 3 fully saturated rings. The number of aromatic nitrogens is 5. The number of halogens is 1. The second kappa shape index (κ2) is 15.1. The molecule has 0 saturated carbocycles. The Hall–Kier alpha value is -6.42. The Morgan fingerprint density at radius 2 is 1.71 bits per heavy atom. The molecule has 59 heavy (non-hydrogen) atoms. The Morgan fingerprint density at radius 3 is 2.46 bits per heavy atom. The number of rotatable bonds is 10. The molecule has 9 rings (SSSR count). The van der Waals surface area contributed by atoms with Crippen LogP contribution in [0.5, 0.6) is 5.75 Å². The van der Waals surface area contributed by atoms with E-state index in [-0.39, 0.29) is 36.1 Å². The summed E-state index contributed by atoms with van der Waals surface area (Å²) in [6, 6.07) is 12.9. The minimum absolute atomic E-state index is 0.0839. The number of nitrogens with zero attached hydrogens (tertiary/aromatic N) is 8. The van der Waals surface area contributed by atoms with Gasteiger partial charge in [-0.25, -0.2) is 14.4 Å². The molecule has 1 unspecified atom stereocenters. The van der Waals surface area contributed by atoms with Crippen LogP contribution in [-0.2, 0) is 16.6 Å². The predicted octanol–water partition coefficient (Wildman–Crippen LogP) is 4.69. The summed E-state index contributed by atoms with van der Waals surface area (Å²) in [4.78, 5) is 65.5. The Kier molecular flexibility index (Phi) is 9.74. The van der Waals surface area contributed by atoms with Crippen LogP contribution in [0.4, 0.5) is 15.9 Å². The molecule has 2 atom stereocenters. The van der Waals surface area contributed by atoms with Gasteiger partial charge < -0.3 is 24.8 Å². The first kappa shape index (κ1) is 38.1. The van der Waals surface area contributed by atoms with E-state index in [9.17, 15) is 23.6 Å². The quantitative estimate of drug-likeness (QED) is 0.188. The second-order valence-electron chi connectivity index (χ2n) is 16.0. The van der Waals surface area contributed by atoms with E-state index in [1.165, 1.54) is 12.1 Å². The summed E-state index contributed by atoms with van der Waals surface area (Å²) in [6.07, 6.45) is 7.04. The number of amides is 4.